The van der Waals surface area contributed by atoms with Crippen molar-refractivity contribution in [3.05, 3.63) is 54.1 Å². The van der Waals surface area contributed by atoms with Crippen molar-refractivity contribution in [3.8, 4) is 16.9 Å². The fraction of sp³-hybridized carbons (Fsp3) is 0.567. The molecule has 1 aliphatic heterocycles. The van der Waals surface area contributed by atoms with Gasteiger partial charge in [0.1, 0.15) is 5.75 Å². The lowest BCUT2D eigenvalue weighted by Crippen LogP contribution is -2.25. The Labute approximate surface area is 206 Å². The number of ether oxygens (including phenoxy) is 3. The highest BCUT2D eigenvalue weighted by molar-refractivity contribution is 5.79. The van der Waals surface area contributed by atoms with Crippen LogP contribution in [0.4, 0.5) is 0 Å². The number of carbonyl (C=O) groups is 1. The van der Waals surface area contributed by atoms with Crippen LogP contribution in [0, 0.1) is 0 Å². The smallest absolute Gasteiger partial charge is 0.342 e. The minimum Gasteiger partial charge on any atom is -0.494 e. The summed E-state index contributed by atoms with van der Waals surface area (Å²) >= 11 is 0. The molecule has 2 aromatic rings. The second-order valence-electron chi connectivity index (χ2n) is 9.63. The summed E-state index contributed by atoms with van der Waals surface area (Å²) in [6.07, 6.45) is 12.2. The standard InChI is InChI=1S/C30H42O4/c1-4-6-8-10-11-13-23-32-27-20-18-25(19-21-27)24-14-16-26(17-15-24)28-29(31)34-30(3,33-28)22-12-9-7-5-2/h14-21,28H,4-13,22-23H2,1-3H3/t28-,30+/m1/s1. The van der Waals surface area contributed by atoms with Crippen molar-refractivity contribution in [2.24, 2.45) is 0 Å². The van der Waals surface area contributed by atoms with E-state index in [-0.39, 0.29) is 5.97 Å². The average molecular weight is 467 g/mol. The molecule has 0 aliphatic carbocycles. The van der Waals surface area contributed by atoms with Gasteiger partial charge in [-0.2, -0.15) is 0 Å². The maximum Gasteiger partial charge on any atom is 0.342 e. The van der Waals surface area contributed by atoms with Crippen molar-refractivity contribution in [2.75, 3.05) is 6.61 Å². The van der Waals surface area contributed by atoms with Crippen LogP contribution in [-0.2, 0) is 14.3 Å². The average Bonchev–Trinajstić information content (AvgIpc) is 3.16. The minimum atomic E-state index is -0.820. The first-order valence-electron chi connectivity index (χ1n) is 13.3. The molecule has 0 bridgehead atoms. The fourth-order valence-electron chi connectivity index (χ4n) is 4.44. The lowest BCUT2D eigenvalue weighted by molar-refractivity contribution is -0.172. The molecule has 4 heteroatoms. The van der Waals surface area contributed by atoms with Gasteiger partial charge in [-0.25, -0.2) is 4.79 Å². The molecule has 1 fully saturated rings. The SMILES string of the molecule is CCCCCCCCOc1ccc(-c2ccc([C@H]3O[C@](C)(CCCCCC)OC3=O)cc2)cc1. The zero-order chi connectivity index (χ0) is 24.2. The molecule has 0 amide bonds. The lowest BCUT2D eigenvalue weighted by atomic mass is 10.0. The van der Waals surface area contributed by atoms with Crippen molar-refractivity contribution >= 4 is 5.97 Å². The molecule has 2 atom stereocenters. The van der Waals surface area contributed by atoms with Crippen molar-refractivity contribution < 1.29 is 19.0 Å². The Hall–Kier alpha value is -2.33. The van der Waals surface area contributed by atoms with Gasteiger partial charge >= 0.3 is 5.97 Å². The molecule has 34 heavy (non-hydrogen) atoms. The quantitative estimate of drug-likeness (QED) is 0.195. The fourth-order valence-corrected chi connectivity index (χ4v) is 4.44. The van der Waals surface area contributed by atoms with Gasteiger partial charge in [-0.15, -0.1) is 0 Å². The van der Waals surface area contributed by atoms with E-state index in [2.05, 4.69) is 26.0 Å². The second kappa shape index (κ2) is 13.5. The third-order valence-corrected chi connectivity index (χ3v) is 6.55. The molecule has 1 heterocycles. The number of benzene rings is 2. The van der Waals surface area contributed by atoms with E-state index in [9.17, 15) is 4.79 Å². The maximum atomic E-state index is 12.5. The van der Waals surface area contributed by atoms with Crippen LogP contribution in [0.3, 0.4) is 0 Å². The van der Waals surface area contributed by atoms with Gasteiger partial charge in [0, 0.05) is 13.3 Å². The van der Waals surface area contributed by atoms with Crippen molar-refractivity contribution in [1.29, 1.82) is 0 Å². The Morgan fingerprint density at radius 3 is 1.97 bits per heavy atom. The number of esters is 1. The van der Waals surface area contributed by atoms with Crippen LogP contribution < -0.4 is 4.74 Å². The van der Waals surface area contributed by atoms with Crippen molar-refractivity contribution in [1.82, 2.24) is 0 Å². The number of hydrogen-bond acceptors (Lipinski definition) is 4. The van der Waals surface area contributed by atoms with E-state index in [0.29, 0.717) is 0 Å². The molecule has 186 valence electrons. The Balaban J connectivity index is 1.49. The van der Waals surface area contributed by atoms with Gasteiger partial charge in [-0.3, -0.25) is 0 Å². The molecule has 0 aromatic heterocycles. The Kier molecular flexibility index (Phi) is 10.5. The molecule has 1 saturated heterocycles. The minimum absolute atomic E-state index is 0.294. The normalized spacial score (nSPS) is 19.9. The summed E-state index contributed by atoms with van der Waals surface area (Å²) in [5.74, 6) is -0.202. The second-order valence-corrected chi connectivity index (χ2v) is 9.63. The molecule has 0 spiro atoms. The van der Waals surface area contributed by atoms with Gasteiger partial charge in [-0.1, -0.05) is 102 Å². The Morgan fingerprint density at radius 2 is 1.32 bits per heavy atom. The highest BCUT2D eigenvalue weighted by Gasteiger charge is 2.44. The molecule has 4 nitrogen and oxygen atoms in total. The van der Waals surface area contributed by atoms with E-state index in [1.54, 1.807) is 0 Å². The van der Waals surface area contributed by atoms with Gasteiger partial charge < -0.3 is 14.2 Å². The highest BCUT2D eigenvalue weighted by Crippen LogP contribution is 2.38. The summed E-state index contributed by atoms with van der Waals surface area (Å²) in [6.45, 7) is 7.08. The summed E-state index contributed by atoms with van der Waals surface area (Å²) in [6, 6.07) is 16.2. The van der Waals surface area contributed by atoms with E-state index in [0.717, 1.165) is 54.7 Å². The molecule has 0 radical (unpaired) electrons. The third kappa shape index (κ3) is 7.87. The Morgan fingerprint density at radius 1 is 0.765 bits per heavy atom. The largest absolute Gasteiger partial charge is 0.494 e. The van der Waals surface area contributed by atoms with Crippen LogP contribution in [-0.4, -0.2) is 18.4 Å². The predicted molar refractivity (Wildman–Crippen MR) is 138 cm³/mol. The predicted octanol–water partition coefficient (Wildman–Crippen LogP) is 8.39. The van der Waals surface area contributed by atoms with Gasteiger partial charge in [0.05, 0.1) is 6.61 Å². The van der Waals surface area contributed by atoms with Crippen molar-refractivity contribution in [2.45, 2.75) is 103 Å². The van der Waals surface area contributed by atoms with Crippen LogP contribution in [0.5, 0.6) is 5.75 Å². The molecule has 3 rings (SSSR count). The zero-order valence-electron chi connectivity index (χ0n) is 21.3. The van der Waals surface area contributed by atoms with Crippen LogP contribution in [0.2, 0.25) is 0 Å². The van der Waals surface area contributed by atoms with Gasteiger partial charge in [0.15, 0.2) is 6.10 Å². The van der Waals surface area contributed by atoms with E-state index in [1.165, 1.54) is 44.9 Å². The topological polar surface area (TPSA) is 44.8 Å². The summed E-state index contributed by atoms with van der Waals surface area (Å²) in [4.78, 5) is 12.5. The first-order chi connectivity index (χ1) is 16.5. The van der Waals surface area contributed by atoms with Crippen LogP contribution >= 0.6 is 0 Å². The molecular weight excluding hydrogens is 424 g/mol. The molecule has 2 aromatic carbocycles. The van der Waals surface area contributed by atoms with E-state index < -0.39 is 11.9 Å². The molecule has 1 aliphatic rings. The molecular formula is C30H42O4. The summed E-state index contributed by atoms with van der Waals surface area (Å²) in [7, 11) is 0. The van der Waals surface area contributed by atoms with Gasteiger partial charge in [0.2, 0.25) is 5.79 Å². The summed E-state index contributed by atoms with van der Waals surface area (Å²) in [5, 5.41) is 0. The monoisotopic (exact) mass is 466 g/mol. The summed E-state index contributed by atoms with van der Waals surface area (Å²) < 4.78 is 17.6. The highest BCUT2D eigenvalue weighted by atomic mass is 16.8. The van der Waals surface area contributed by atoms with Crippen LogP contribution in [0.15, 0.2) is 48.5 Å². The first kappa shape index (κ1) is 26.3. The number of hydrogen-bond donors (Lipinski definition) is 0. The number of rotatable bonds is 15. The zero-order valence-corrected chi connectivity index (χ0v) is 21.3. The summed E-state index contributed by atoms with van der Waals surface area (Å²) in [5.41, 5.74) is 3.05. The maximum absolute atomic E-state index is 12.5. The van der Waals surface area contributed by atoms with Crippen LogP contribution in [0.25, 0.3) is 11.1 Å². The van der Waals surface area contributed by atoms with Crippen molar-refractivity contribution in [3.63, 3.8) is 0 Å². The number of cyclic esters (lactones) is 1. The Bertz CT molecular complexity index is 858. The first-order valence-corrected chi connectivity index (χ1v) is 13.3. The van der Waals surface area contributed by atoms with Gasteiger partial charge in [-0.05, 0) is 41.7 Å². The van der Waals surface area contributed by atoms with Gasteiger partial charge in [0.25, 0.3) is 0 Å². The molecule has 0 saturated carbocycles. The molecule has 0 unspecified atom stereocenters. The number of carbonyl (C=O) groups excluding carboxylic acids is 1. The van der Waals surface area contributed by atoms with E-state index in [4.69, 9.17) is 14.2 Å². The van der Waals surface area contributed by atoms with E-state index >= 15 is 0 Å². The number of unbranched alkanes of at least 4 members (excludes halogenated alkanes) is 8. The third-order valence-electron chi connectivity index (χ3n) is 6.55. The molecule has 0 N–H and O–H groups in total. The van der Waals surface area contributed by atoms with E-state index in [1.807, 2.05) is 43.3 Å². The van der Waals surface area contributed by atoms with Crippen LogP contribution in [0.1, 0.15) is 103 Å². The lowest BCUT2D eigenvalue weighted by Gasteiger charge is -2.22.